The Morgan fingerprint density at radius 3 is 2.91 bits per heavy atom. The molecule has 0 aromatic heterocycles. The van der Waals surface area contributed by atoms with Crippen molar-refractivity contribution in [3.05, 3.63) is 12.7 Å². The van der Waals surface area contributed by atoms with Crippen LogP contribution in [0, 0.1) is 0 Å². The van der Waals surface area contributed by atoms with E-state index < -0.39 is 0 Å². The van der Waals surface area contributed by atoms with Crippen molar-refractivity contribution in [1.29, 1.82) is 0 Å². The van der Waals surface area contributed by atoms with Gasteiger partial charge < -0.3 is 9.84 Å². The van der Waals surface area contributed by atoms with E-state index in [9.17, 15) is 5.11 Å². The van der Waals surface area contributed by atoms with Crippen LogP contribution < -0.4 is 0 Å². The van der Waals surface area contributed by atoms with Gasteiger partial charge in [-0.3, -0.25) is 0 Å². The molecule has 2 heteroatoms. The predicted molar refractivity (Wildman–Crippen MR) is 46.5 cm³/mol. The molecule has 0 radical (unpaired) electrons. The molecule has 11 heavy (non-hydrogen) atoms. The zero-order chi connectivity index (χ0) is 8.53. The van der Waals surface area contributed by atoms with E-state index >= 15 is 0 Å². The third-order valence-corrected chi connectivity index (χ3v) is 1.36. The summed E-state index contributed by atoms with van der Waals surface area (Å²) in [4.78, 5) is 0. The monoisotopic (exact) mass is 158 g/mol. The van der Waals surface area contributed by atoms with Crippen LogP contribution in [0.5, 0.6) is 0 Å². The minimum absolute atomic E-state index is 0.320. The number of hydrogen-bond donors (Lipinski definition) is 1. The lowest BCUT2D eigenvalue weighted by Gasteiger charge is -2.08. The molecule has 0 aliphatic rings. The normalized spacial score (nSPS) is 12.9. The molecule has 0 aromatic carbocycles. The van der Waals surface area contributed by atoms with E-state index in [2.05, 4.69) is 13.5 Å². The molecule has 1 unspecified atom stereocenters. The van der Waals surface area contributed by atoms with Crippen molar-refractivity contribution in [1.82, 2.24) is 0 Å². The molecule has 0 saturated heterocycles. The Morgan fingerprint density at radius 2 is 2.36 bits per heavy atom. The summed E-state index contributed by atoms with van der Waals surface area (Å²) in [6, 6.07) is 0. The fourth-order valence-electron chi connectivity index (χ4n) is 0.757. The number of ether oxygens (including phenoxy) is 1. The van der Waals surface area contributed by atoms with E-state index in [4.69, 9.17) is 4.74 Å². The number of hydrogen-bond acceptors (Lipinski definition) is 2. The van der Waals surface area contributed by atoms with Crippen LogP contribution in [0.25, 0.3) is 0 Å². The Balaban J connectivity index is 3.08. The Hall–Kier alpha value is -0.340. The number of aliphatic hydroxyl groups is 1. The molecule has 0 spiro atoms. The fraction of sp³-hybridized carbons (Fsp3) is 0.778. The minimum atomic E-state index is -0.320. The van der Waals surface area contributed by atoms with E-state index in [1.165, 1.54) is 0 Å². The van der Waals surface area contributed by atoms with Crippen LogP contribution in [-0.2, 0) is 4.74 Å². The fourth-order valence-corrected chi connectivity index (χ4v) is 0.757. The molecule has 0 aromatic rings. The van der Waals surface area contributed by atoms with Gasteiger partial charge in [-0.1, -0.05) is 13.0 Å². The number of rotatable bonds is 7. The smallest absolute Gasteiger partial charge is 0.0776 e. The third kappa shape index (κ3) is 7.56. The molecule has 2 nitrogen and oxygen atoms in total. The van der Waals surface area contributed by atoms with Crippen LogP contribution in [0.2, 0.25) is 0 Å². The van der Waals surface area contributed by atoms with Gasteiger partial charge in [0.2, 0.25) is 0 Å². The highest BCUT2D eigenvalue weighted by molar-refractivity contribution is 4.68. The van der Waals surface area contributed by atoms with Crippen molar-refractivity contribution in [2.75, 3.05) is 13.2 Å². The second-order valence-electron chi connectivity index (χ2n) is 2.59. The third-order valence-electron chi connectivity index (χ3n) is 1.36. The molecular formula is C9H18O2. The standard InChI is InChI=1S/C9H18O2/c1-3-5-6-9(10)8-11-7-4-2/h3,9-10H,1,4-8H2,2H3. The van der Waals surface area contributed by atoms with Crippen molar-refractivity contribution in [3.8, 4) is 0 Å². The van der Waals surface area contributed by atoms with Gasteiger partial charge in [-0.2, -0.15) is 0 Å². The molecule has 66 valence electrons. The molecule has 0 fully saturated rings. The predicted octanol–water partition coefficient (Wildman–Crippen LogP) is 1.74. The maximum absolute atomic E-state index is 9.23. The van der Waals surface area contributed by atoms with Gasteiger partial charge in [0.15, 0.2) is 0 Å². The average Bonchev–Trinajstić information content (AvgIpc) is 2.01. The molecule has 0 rings (SSSR count). The van der Waals surface area contributed by atoms with Gasteiger partial charge >= 0.3 is 0 Å². The van der Waals surface area contributed by atoms with Crippen LogP contribution in [0.4, 0.5) is 0 Å². The minimum Gasteiger partial charge on any atom is -0.391 e. The van der Waals surface area contributed by atoms with Crippen molar-refractivity contribution < 1.29 is 9.84 Å². The van der Waals surface area contributed by atoms with Crippen LogP contribution in [0.3, 0.4) is 0 Å². The van der Waals surface area contributed by atoms with Crippen molar-refractivity contribution in [2.45, 2.75) is 32.3 Å². The molecule has 0 saturated carbocycles. The second-order valence-corrected chi connectivity index (χ2v) is 2.59. The van der Waals surface area contributed by atoms with Crippen LogP contribution in [0.1, 0.15) is 26.2 Å². The largest absolute Gasteiger partial charge is 0.391 e. The first kappa shape index (κ1) is 10.7. The quantitative estimate of drug-likeness (QED) is 0.451. The van der Waals surface area contributed by atoms with Crippen LogP contribution in [-0.4, -0.2) is 24.4 Å². The van der Waals surface area contributed by atoms with E-state index in [1.807, 2.05) is 6.08 Å². The van der Waals surface area contributed by atoms with Crippen molar-refractivity contribution in [2.24, 2.45) is 0 Å². The summed E-state index contributed by atoms with van der Waals surface area (Å²) in [7, 11) is 0. The zero-order valence-electron chi connectivity index (χ0n) is 7.25. The molecule has 1 atom stereocenters. The lowest BCUT2D eigenvalue weighted by atomic mass is 10.2. The molecular weight excluding hydrogens is 140 g/mol. The van der Waals surface area contributed by atoms with Gasteiger partial charge in [-0.25, -0.2) is 0 Å². The number of aliphatic hydroxyl groups excluding tert-OH is 1. The van der Waals surface area contributed by atoms with Gasteiger partial charge in [-0.05, 0) is 19.3 Å². The lowest BCUT2D eigenvalue weighted by molar-refractivity contribution is 0.0334. The van der Waals surface area contributed by atoms with Gasteiger partial charge in [0.25, 0.3) is 0 Å². The topological polar surface area (TPSA) is 29.5 Å². The molecule has 0 bridgehead atoms. The lowest BCUT2D eigenvalue weighted by Crippen LogP contribution is -2.14. The number of allylic oxidation sites excluding steroid dienone is 1. The highest BCUT2D eigenvalue weighted by Crippen LogP contribution is 1.98. The Morgan fingerprint density at radius 1 is 1.64 bits per heavy atom. The van der Waals surface area contributed by atoms with Crippen LogP contribution >= 0.6 is 0 Å². The maximum Gasteiger partial charge on any atom is 0.0776 e. The first-order valence-electron chi connectivity index (χ1n) is 4.18. The van der Waals surface area contributed by atoms with Gasteiger partial charge in [-0.15, -0.1) is 6.58 Å². The highest BCUT2D eigenvalue weighted by Gasteiger charge is 2.01. The summed E-state index contributed by atoms with van der Waals surface area (Å²) in [5.41, 5.74) is 0. The Labute approximate surface area is 68.9 Å². The van der Waals surface area contributed by atoms with E-state index in [1.54, 1.807) is 0 Å². The molecule has 1 N–H and O–H groups in total. The Kier molecular flexibility index (Phi) is 7.52. The molecule has 0 heterocycles. The zero-order valence-corrected chi connectivity index (χ0v) is 7.25. The highest BCUT2D eigenvalue weighted by atomic mass is 16.5. The summed E-state index contributed by atoms with van der Waals surface area (Å²) < 4.78 is 5.16. The van der Waals surface area contributed by atoms with Crippen molar-refractivity contribution >= 4 is 0 Å². The van der Waals surface area contributed by atoms with Crippen LogP contribution in [0.15, 0.2) is 12.7 Å². The Bertz CT molecular complexity index is 91.6. The summed E-state index contributed by atoms with van der Waals surface area (Å²) in [6.07, 6.45) is 4.11. The van der Waals surface area contributed by atoms with E-state index in [0.29, 0.717) is 6.61 Å². The molecule has 0 aliphatic heterocycles. The first-order valence-corrected chi connectivity index (χ1v) is 4.18. The van der Waals surface area contributed by atoms with Gasteiger partial charge in [0, 0.05) is 6.61 Å². The van der Waals surface area contributed by atoms with Crippen molar-refractivity contribution in [3.63, 3.8) is 0 Å². The van der Waals surface area contributed by atoms with Gasteiger partial charge in [0.05, 0.1) is 12.7 Å². The first-order chi connectivity index (χ1) is 5.31. The van der Waals surface area contributed by atoms with E-state index in [-0.39, 0.29) is 6.10 Å². The van der Waals surface area contributed by atoms with Gasteiger partial charge in [0.1, 0.15) is 0 Å². The maximum atomic E-state index is 9.23. The molecule has 0 aliphatic carbocycles. The summed E-state index contributed by atoms with van der Waals surface area (Å²) in [5, 5.41) is 9.23. The summed E-state index contributed by atoms with van der Waals surface area (Å²) in [5.74, 6) is 0. The molecule has 0 amide bonds. The SMILES string of the molecule is C=CCCC(O)COCCC. The summed E-state index contributed by atoms with van der Waals surface area (Å²) in [6.45, 7) is 6.83. The average molecular weight is 158 g/mol. The van der Waals surface area contributed by atoms with E-state index in [0.717, 1.165) is 25.9 Å². The second kappa shape index (κ2) is 7.76. The summed E-state index contributed by atoms with van der Waals surface area (Å²) >= 11 is 0.